The number of benzene rings is 2. The molecule has 1 N–H and O–H groups in total. The van der Waals surface area contributed by atoms with Crippen LogP contribution in [0.1, 0.15) is 12.5 Å². The number of halogens is 1. The fourth-order valence-corrected chi connectivity index (χ4v) is 2.86. The van der Waals surface area contributed by atoms with Gasteiger partial charge in [0, 0.05) is 16.5 Å². The molecule has 2 aromatic carbocycles. The summed E-state index contributed by atoms with van der Waals surface area (Å²) in [4.78, 5) is 13.2. The molecule has 0 aromatic heterocycles. The van der Waals surface area contributed by atoms with E-state index < -0.39 is 0 Å². The summed E-state index contributed by atoms with van der Waals surface area (Å²) in [6.45, 7) is 2.40. The van der Waals surface area contributed by atoms with Crippen LogP contribution < -0.4 is 10.1 Å². The zero-order chi connectivity index (χ0) is 15.9. The quantitative estimate of drug-likeness (QED) is 0.806. The maximum Gasteiger partial charge on any atom is 0.233 e. The van der Waals surface area contributed by atoms with E-state index >= 15 is 0 Å². The number of amides is 1. The van der Waals surface area contributed by atoms with Crippen LogP contribution in [0.25, 0.3) is 0 Å². The first kappa shape index (κ1) is 16.7. The molecule has 0 heterocycles. The van der Waals surface area contributed by atoms with Gasteiger partial charge in [-0.05, 0) is 48.9 Å². The molecule has 0 aliphatic carbocycles. The van der Waals surface area contributed by atoms with Crippen molar-refractivity contribution in [3.63, 3.8) is 0 Å². The summed E-state index contributed by atoms with van der Waals surface area (Å²) in [5.41, 5.74) is 1.03. The summed E-state index contributed by atoms with van der Waals surface area (Å²) in [7, 11) is 1.63. The zero-order valence-electron chi connectivity index (χ0n) is 12.5. The third-order valence-corrected chi connectivity index (χ3v) is 4.49. The molecule has 2 aromatic rings. The van der Waals surface area contributed by atoms with Crippen LogP contribution in [0.2, 0.25) is 5.02 Å². The largest absolute Gasteiger partial charge is 0.497 e. The summed E-state index contributed by atoms with van der Waals surface area (Å²) in [5, 5.41) is 3.46. The Morgan fingerprint density at radius 1 is 1.18 bits per heavy atom. The Morgan fingerprint density at radius 3 is 2.41 bits per heavy atom. The van der Waals surface area contributed by atoms with Crippen molar-refractivity contribution in [3.05, 3.63) is 59.1 Å². The average molecular weight is 336 g/mol. The fraction of sp³-hybridized carbons (Fsp3) is 0.235. The van der Waals surface area contributed by atoms with E-state index in [-0.39, 0.29) is 11.2 Å². The Balaban J connectivity index is 1.84. The number of carbonyl (C=O) groups excluding carboxylic acids is 1. The first-order valence-electron chi connectivity index (χ1n) is 6.91. The molecule has 1 atom stereocenters. The highest BCUT2D eigenvalue weighted by Gasteiger charge is 2.14. The van der Waals surface area contributed by atoms with Crippen LogP contribution >= 0.6 is 23.4 Å². The molecule has 1 unspecified atom stereocenters. The second-order valence-electron chi connectivity index (χ2n) is 4.78. The van der Waals surface area contributed by atoms with E-state index in [1.165, 1.54) is 11.8 Å². The smallest absolute Gasteiger partial charge is 0.233 e. The van der Waals surface area contributed by atoms with Crippen LogP contribution in [0.15, 0.2) is 53.4 Å². The Bertz CT molecular complexity index is 614. The highest BCUT2D eigenvalue weighted by Crippen LogP contribution is 2.25. The van der Waals surface area contributed by atoms with Gasteiger partial charge in [0.1, 0.15) is 5.75 Å². The lowest BCUT2D eigenvalue weighted by Crippen LogP contribution is -2.30. The number of hydrogen-bond acceptors (Lipinski definition) is 3. The number of carbonyl (C=O) groups is 1. The van der Waals surface area contributed by atoms with Gasteiger partial charge in [0.05, 0.1) is 12.4 Å². The minimum absolute atomic E-state index is 0.00997. The highest BCUT2D eigenvalue weighted by atomic mass is 35.5. The standard InChI is InChI=1S/C17H18ClNO2S/c1-12(22-16-9-7-15(21-2)8-10-16)17(20)19-11-13-3-5-14(18)6-4-13/h3-10,12H,11H2,1-2H3,(H,19,20). The van der Waals surface area contributed by atoms with Gasteiger partial charge in [-0.15, -0.1) is 11.8 Å². The predicted octanol–water partition coefficient (Wildman–Crippen LogP) is 4.15. The molecular weight excluding hydrogens is 318 g/mol. The number of thioether (sulfide) groups is 1. The number of nitrogens with one attached hydrogen (secondary N) is 1. The Labute approximate surface area is 140 Å². The maximum absolute atomic E-state index is 12.1. The lowest BCUT2D eigenvalue weighted by Gasteiger charge is -2.12. The summed E-state index contributed by atoms with van der Waals surface area (Å²) in [6, 6.07) is 15.1. The van der Waals surface area contributed by atoms with E-state index in [0.717, 1.165) is 16.2 Å². The zero-order valence-corrected chi connectivity index (χ0v) is 14.1. The second-order valence-corrected chi connectivity index (χ2v) is 6.63. The monoisotopic (exact) mass is 335 g/mol. The third kappa shape index (κ3) is 4.97. The van der Waals surface area contributed by atoms with Gasteiger partial charge in [0.15, 0.2) is 0 Å². The molecule has 0 saturated carbocycles. The van der Waals surface area contributed by atoms with Crippen molar-refractivity contribution >= 4 is 29.3 Å². The lowest BCUT2D eigenvalue weighted by molar-refractivity contribution is -0.120. The number of ether oxygens (including phenoxy) is 1. The van der Waals surface area contributed by atoms with Crippen LogP contribution in [0.4, 0.5) is 0 Å². The van der Waals surface area contributed by atoms with Gasteiger partial charge in [-0.2, -0.15) is 0 Å². The Kier molecular flexibility index (Phi) is 6.16. The molecule has 0 saturated heterocycles. The van der Waals surface area contributed by atoms with Crippen molar-refractivity contribution in [2.45, 2.75) is 23.6 Å². The second kappa shape index (κ2) is 8.11. The SMILES string of the molecule is COc1ccc(SC(C)C(=O)NCc2ccc(Cl)cc2)cc1. The Morgan fingerprint density at radius 2 is 1.82 bits per heavy atom. The van der Waals surface area contributed by atoms with Gasteiger partial charge >= 0.3 is 0 Å². The van der Waals surface area contributed by atoms with Gasteiger partial charge in [-0.1, -0.05) is 23.7 Å². The topological polar surface area (TPSA) is 38.3 Å². The number of methoxy groups -OCH3 is 1. The van der Waals surface area contributed by atoms with E-state index in [4.69, 9.17) is 16.3 Å². The van der Waals surface area contributed by atoms with Gasteiger partial charge in [-0.3, -0.25) is 4.79 Å². The molecule has 0 fully saturated rings. The summed E-state index contributed by atoms with van der Waals surface area (Å²) >= 11 is 7.36. The maximum atomic E-state index is 12.1. The van der Waals surface area contributed by atoms with Crippen molar-refractivity contribution in [1.29, 1.82) is 0 Å². The average Bonchev–Trinajstić information content (AvgIpc) is 2.54. The van der Waals surface area contributed by atoms with Crippen LogP contribution in [0.3, 0.4) is 0 Å². The summed E-state index contributed by atoms with van der Waals surface area (Å²) < 4.78 is 5.12. The van der Waals surface area contributed by atoms with Gasteiger partial charge < -0.3 is 10.1 Å². The molecule has 22 heavy (non-hydrogen) atoms. The Hall–Kier alpha value is -1.65. The van der Waals surface area contributed by atoms with Gasteiger partial charge in [0.2, 0.25) is 5.91 Å². The van der Waals surface area contributed by atoms with E-state index in [9.17, 15) is 4.79 Å². The molecule has 0 aliphatic heterocycles. The van der Waals surface area contributed by atoms with Crippen LogP contribution in [0.5, 0.6) is 5.75 Å². The first-order valence-corrected chi connectivity index (χ1v) is 8.17. The molecule has 3 nitrogen and oxygen atoms in total. The molecule has 0 aliphatic rings. The van der Waals surface area contributed by atoms with Crippen LogP contribution in [0, 0.1) is 0 Å². The third-order valence-electron chi connectivity index (χ3n) is 3.12. The number of hydrogen-bond donors (Lipinski definition) is 1. The first-order chi connectivity index (χ1) is 10.6. The van der Waals surface area contributed by atoms with Crippen molar-refractivity contribution in [2.75, 3.05) is 7.11 Å². The van der Waals surface area contributed by atoms with Crippen molar-refractivity contribution < 1.29 is 9.53 Å². The normalized spacial score (nSPS) is 11.8. The molecule has 1 amide bonds. The fourth-order valence-electron chi connectivity index (χ4n) is 1.85. The van der Waals surface area contributed by atoms with Crippen LogP contribution in [-0.4, -0.2) is 18.3 Å². The molecule has 116 valence electrons. The molecule has 0 bridgehead atoms. The van der Waals surface area contributed by atoms with Gasteiger partial charge in [0.25, 0.3) is 0 Å². The minimum Gasteiger partial charge on any atom is -0.497 e. The molecule has 2 rings (SSSR count). The predicted molar refractivity (Wildman–Crippen MR) is 91.6 cm³/mol. The van der Waals surface area contributed by atoms with E-state index in [1.54, 1.807) is 7.11 Å². The van der Waals surface area contributed by atoms with Crippen molar-refractivity contribution in [3.8, 4) is 5.75 Å². The highest BCUT2D eigenvalue weighted by molar-refractivity contribution is 8.00. The van der Waals surface area contributed by atoms with Crippen molar-refractivity contribution in [1.82, 2.24) is 5.32 Å². The van der Waals surface area contributed by atoms with E-state index in [2.05, 4.69) is 5.32 Å². The summed E-state index contributed by atoms with van der Waals surface area (Å²) in [5.74, 6) is 0.819. The molecule has 0 spiro atoms. The number of rotatable bonds is 6. The summed E-state index contributed by atoms with van der Waals surface area (Å²) in [6.07, 6.45) is 0. The van der Waals surface area contributed by atoms with E-state index in [0.29, 0.717) is 11.6 Å². The molecule has 5 heteroatoms. The van der Waals surface area contributed by atoms with Crippen LogP contribution in [-0.2, 0) is 11.3 Å². The molecular formula is C17H18ClNO2S. The van der Waals surface area contributed by atoms with E-state index in [1.807, 2.05) is 55.5 Å². The minimum atomic E-state index is -0.166. The molecule has 0 radical (unpaired) electrons. The van der Waals surface area contributed by atoms with Gasteiger partial charge in [-0.25, -0.2) is 0 Å². The van der Waals surface area contributed by atoms with Crippen molar-refractivity contribution in [2.24, 2.45) is 0 Å². The lowest BCUT2D eigenvalue weighted by atomic mass is 10.2.